The second-order valence-corrected chi connectivity index (χ2v) is 7.28. The number of ether oxygens (including phenoxy) is 2. The number of hydrogen-bond acceptors (Lipinski definition) is 4. The zero-order chi connectivity index (χ0) is 18.8. The third kappa shape index (κ3) is 13.1. The number of nitrogens with one attached hydrogen (secondary N) is 2. The van der Waals surface area contributed by atoms with Gasteiger partial charge in [-0.1, -0.05) is 6.92 Å². The molecule has 150 valence electrons. The third-order valence-electron chi connectivity index (χ3n) is 3.28. The van der Waals surface area contributed by atoms with Crippen LogP contribution in [0.4, 0.5) is 4.79 Å². The van der Waals surface area contributed by atoms with Gasteiger partial charge in [0.15, 0.2) is 5.96 Å². The molecule has 2 N–H and O–H groups in total. The Bertz CT molecular complexity index is 409. The standard InChI is InChI=1S/C17H36N4O3.HI/c1-9-11-21(15(22)24-16(2,3)4)12-10-19-14(18-7)20-13-17(5,6)23-8;/h9-13H2,1-8H3,(H2,18,19,20);1H. The molecular weight excluding hydrogens is 435 g/mol. The molecule has 0 saturated carbocycles. The topological polar surface area (TPSA) is 75.2 Å². The molecule has 1 amide bonds. The van der Waals surface area contributed by atoms with Crippen LogP contribution < -0.4 is 10.6 Å². The number of methoxy groups -OCH3 is 1. The largest absolute Gasteiger partial charge is 0.444 e. The second-order valence-electron chi connectivity index (χ2n) is 7.28. The molecule has 0 saturated heterocycles. The molecule has 25 heavy (non-hydrogen) atoms. The third-order valence-corrected chi connectivity index (χ3v) is 3.28. The normalized spacial score (nSPS) is 12.2. The number of nitrogens with zero attached hydrogens (tertiary/aromatic N) is 2. The summed E-state index contributed by atoms with van der Waals surface area (Å²) in [6.45, 7) is 14.1. The lowest BCUT2D eigenvalue weighted by Gasteiger charge is -2.28. The van der Waals surface area contributed by atoms with Crippen molar-refractivity contribution in [1.29, 1.82) is 0 Å². The van der Waals surface area contributed by atoms with Gasteiger partial charge >= 0.3 is 6.09 Å². The van der Waals surface area contributed by atoms with E-state index in [0.717, 1.165) is 6.42 Å². The molecule has 0 aliphatic carbocycles. The highest BCUT2D eigenvalue weighted by atomic mass is 127. The van der Waals surface area contributed by atoms with Crippen LogP contribution in [0.2, 0.25) is 0 Å². The van der Waals surface area contributed by atoms with Gasteiger partial charge < -0.3 is 25.0 Å². The first kappa shape index (κ1) is 26.5. The number of carbonyl (C=O) groups excluding carboxylic acids is 1. The van der Waals surface area contributed by atoms with Crippen molar-refractivity contribution in [1.82, 2.24) is 15.5 Å². The number of carbonyl (C=O) groups is 1. The highest BCUT2D eigenvalue weighted by molar-refractivity contribution is 14.0. The predicted molar refractivity (Wildman–Crippen MR) is 114 cm³/mol. The number of guanidine groups is 1. The summed E-state index contributed by atoms with van der Waals surface area (Å²) in [5.41, 5.74) is -0.762. The molecule has 0 radical (unpaired) electrons. The summed E-state index contributed by atoms with van der Waals surface area (Å²) < 4.78 is 10.8. The maximum absolute atomic E-state index is 12.2. The fraction of sp³-hybridized carbons (Fsp3) is 0.882. The highest BCUT2D eigenvalue weighted by Crippen LogP contribution is 2.10. The predicted octanol–water partition coefficient (Wildman–Crippen LogP) is 2.84. The lowest BCUT2D eigenvalue weighted by atomic mass is 10.1. The summed E-state index contributed by atoms with van der Waals surface area (Å²) in [7, 11) is 3.40. The van der Waals surface area contributed by atoms with E-state index in [1.54, 1.807) is 19.1 Å². The molecule has 0 heterocycles. The summed E-state index contributed by atoms with van der Waals surface area (Å²) in [6.07, 6.45) is 0.600. The fourth-order valence-corrected chi connectivity index (χ4v) is 1.79. The molecule has 0 aromatic rings. The average Bonchev–Trinajstić information content (AvgIpc) is 2.47. The summed E-state index contributed by atoms with van der Waals surface area (Å²) in [6, 6.07) is 0. The zero-order valence-electron chi connectivity index (χ0n) is 17.1. The molecule has 0 aliphatic rings. The van der Waals surface area contributed by atoms with Crippen molar-refractivity contribution in [3.63, 3.8) is 0 Å². The molecule has 0 rings (SSSR count). The van der Waals surface area contributed by atoms with E-state index >= 15 is 0 Å². The van der Waals surface area contributed by atoms with Gasteiger partial charge in [-0.3, -0.25) is 4.99 Å². The lowest BCUT2D eigenvalue weighted by Crippen LogP contribution is -2.48. The smallest absolute Gasteiger partial charge is 0.410 e. The van der Waals surface area contributed by atoms with E-state index in [4.69, 9.17) is 9.47 Å². The maximum Gasteiger partial charge on any atom is 0.410 e. The lowest BCUT2D eigenvalue weighted by molar-refractivity contribution is 0.0253. The van der Waals surface area contributed by atoms with Gasteiger partial charge in [0, 0.05) is 40.3 Å². The van der Waals surface area contributed by atoms with Crippen molar-refractivity contribution in [2.75, 3.05) is 40.3 Å². The molecule has 7 nitrogen and oxygen atoms in total. The van der Waals surface area contributed by atoms with Crippen LogP contribution in [0, 0.1) is 0 Å². The van der Waals surface area contributed by atoms with E-state index in [0.29, 0.717) is 32.1 Å². The Kier molecular flexibility index (Phi) is 13.3. The van der Waals surface area contributed by atoms with Gasteiger partial charge in [-0.25, -0.2) is 4.79 Å². The van der Waals surface area contributed by atoms with Gasteiger partial charge in [-0.15, -0.1) is 24.0 Å². The zero-order valence-corrected chi connectivity index (χ0v) is 19.4. The molecule has 8 heteroatoms. The Balaban J connectivity index is 0. The molecule has 0 aliphatic heterocycles. The van der Waals surface area contributed by atoms with Crippen molar-refractivity contribution in [3.05, 3.63) is 0 Å². The first-order chi connectivity index (χ1) is 11.0. The van der Waals surface area contributed by atoms with Crippen LogP contribution in [0.25, 0.3) is 0 Å². The maximum atomic E-state index is 12.2. The fourth-order valence-electron chi connectivity index (χ4n) is 1.79. The highest BCUT2D eigenvalue weighted by Gasteiger charge is 2.21. The van der Waals surface area contributed by atoms with Gasteiger partial charge in [0.05, 0.1) is 5.60 Å². The van der Waals surface area contributed by atoms with Crippen molar-refractivity contribution in [3.8, 4) is 0 Å². The second kappa shape index (κ2) is 12.6. The quantitative estimate of drug-likeness (QED) is 0.323. The van der Waals surface area contributed by atoms with Crippen LogP contribution in [0.15, 0.2) is 4.99 Å². The monoisotopic (exact) mass is 472 g/mol. The minimum Gasteiger partial charge on any atom is -0.444 e. The van der Waals surface area contributed by atoms with Gasteiger partial charge in [-0.05, 0) is 41.0 Å². The summed E-state index contributed by atoms with van der Waals surface area (Å²) in [5.74, 6) is 0.681. The summed E-state index contributed by atoms with van der Waals surface area (Å²) >= 11 is 0. The van der Waals surface area contributed by atoms with Crippen LogP contribution in [0.1, 0.15) is 48.0 Å². The number of hydrogen-bond donors (Lipinski definition) is 2. The molecule has 0 aromatic heterocycles. The van der Waals surface area contributed by atoms with Gasteiger partial charge in [-0.2, -0.15) is 0 Å². The van der Waals surface area contributed by atoms with E-state index in [-0.39, 0.29) is 35.7 Å². The summed E-state index contributed by atoms with van der Waals surface area (Å²) in [4.78, 5) is 18.1. The molecule has 0 unspecified atom stereocenters. The van der Waals surface area contributed by atoms with Crippen LogP contribution in [0.3, 0.4) is 0 Å². The number of halogens is 1. The SMILES string of the molecule is CCCN(CCNC(=NC)NCC(C)(C)OC)C(=O)OC(C)(C)C.I. The van der Waals surface area contributed by atoms with E-state index in [1.165, 1.54) is 0 Å². The van der Waals surface area contributed by atoms with Crippen LogP contribution >= 0.6 is 24.0 Å². The van der Waals surface area contributed by atoms with Crippen LogP contribution in [-0.2, 0) is 9.47 Å². The molecule has 0 fully saturated rings. The van der Waals surface area contributed by atoms with Gasteiger partial charge in [0.25, 0.3) is 0 Å². The Morgan fingerprint density at radius 3 is 2.16 bits per heavy atom. The van der Waals surface area contributed by atoms with Crippen LogP contribution in [-0.4, -0.2) is 68.5 Å². The summed E-state index contributed by atoms with van der Waals surface area (Å²) in [5, 5.41) is 6.42. The number of rotatable bonds is 8. The molecular formula is C17H37IN4O3. The van der Waals surface area contributed by atoms with Crippen molar-refractivity contribution >= 4 is 36.0 Å². The minimum atomic E-state index is -0.486. The number of amides is 1. The van der Waals surface area contributed by atoms with E-state index < -0.39 is 5.60 Å². The minimum absolute atomic E-state index is 0. The Hall–Kier alpha value is -0.770. The molecule has 0 bridgehead atoms. The van der Waals surface area contributed by atoms with Crippen molar-refractivity contribution < 1.29 is 14.3 Å². The first-order valence-electron chi connectivity index (χ1n) is 8.52. The molecule has 0 aromatic carbocycles. The van der Waals surface area contributed by atoms with Crippen molar-refractivity contribution in [2.45, 2.75) is 59.2 Å². The van der Waals surface area contributed by atoms with Crippen LogP contribution in [0.5, 0.6) is 0 Å². The first-order valence-corrected chi connectivity index (χ1v) is 8.52. The van der Waals surface area contributed by atoms with E-state index in [9.17, 15) is 4.79 Å². The van der Waals surface area contributed by atoms with Gasteiger partial charge in [0.1, 0.15) is 5.60 Å². The van der Waals surface area contributed by atoms with Gasteiger partial charge in [0.2, 0.25) is 0 Å². The Morgan fingerprint density at radius 1 is 1.12 bits per heavy atom. The molecule has 0 spiro atoms. The average molecular weight is 472 g/mol. The molecule has 0 atom stereocenters. The Labute approximate surface area is 170 Å². The Morgan fingerprint density at radius 2 is 1.72 bits per heavy atom. The van der Waals surface area contributed by atoms with E-state index in [1.807, 2.05) is 41.5 Å². The van der Waals surface area contributed by atoms with Crippen molar-refractivity contribution in [2.24, 2.45) is 4.99 Å². The number of aliphatic imine (C=N–C) groups is 1. The van der Waals surface area contributed by atoms with E-state index in [2.05, 4.69) is 15.6 Å².